The van der Waals surface area contributed by atoms with Gasteiger partial charge in [0.1, 0.15) is 5.75 Å². The maximum atomic E-state index is 13.9. The van der Waals surface area contributed by atoms with Gasteiger partial charge in [-0.15, -0.1) is 13.2 Å². The zero-order valence-corrected chi connectivity index (χ0v) is 20.6. The lowest BCUT2D eigenvalue weighted by atomic mass is 9.57. The first-order chi connectivity index (χ1) is 17.5. The number of aromatic nitrogens is 1. The number of alkyl halides is 3. The molecule has 3 saturated carbocycles. The number of nitrogens with one attached hydrogen (secondary N) is 1. The van der Waals surface area contributed by atoms with Crippen LogP contribution in [0.5, 0.6) is 5.75 Å². The molecule has 6 nitrogen and oxygen atoms in total. The highest BCUT2D eigenvalue weighted by Gasteiger charge is 2.53. The van der Waals surface area contributed by atoms with E-state index in [4.69, 9.17) is 4.74 Å². The van der Waals surface area contributed by atoms with Gasteiger partial charge in [-0.25, -0.2) is 4.98 Å². The molecule has 0 saturated heterocycles. The summed E-state index contributed by atoms with van der Waals surface area (Å²) >= 11 is 0. The monoisotopic (exact) mass is 512 g/mol. The first kappa shape index (κ1) is 25.0. The van der Waals surface area contributed by atoms with Gasteiger partial charge in [-0.2, -0.15) is 0 Å². The Labute approximate surface area is 212 Å². The fourth-order valence-corrected chi connectivity index (χ4v) is 5.90. The van der Waals surface area contributed by atoms with Crippen LogP contribution in [0.25, 0.3) is 22.2 Å². The minimum atomic E-state index is -4.86. The Balaban J connectivity index is 1.56. The fraction of sp³-hybridized carbons (Fsp3) is 0.393. The van der Waals surface area contributed by atoms with Crippen LogP contribution in [0.1, 0.15) is 54.4 Å². The van der Waals surface area contributed by atoms with Gasteiger partial charge in [0.25, 0.3) is 5.91 Å². The third-order valence-corrected chi connectivity index (χ3v) is 7.95. The maximum Gasteiger partial charge on any atom is 0.573 e. The number of ether oxygens (including phenoxy) is 2. The van der Waals surface area contributed by atoms with E-state index in [9.17, 15) is 22.8 Å². The van der Waals surface area contributed by atoms with Gasteiger partial charge in [0.2, 0.25) is 0 Å². The Bertz CT molecular complexity index is 1350. The van der Waals surface area contributed by atoms with Crippen LogP contribution in [0.4, 0.5) is 13.2 Å². The molecule has 1 amide bonds. The lowest BCUT2D eigenvalue weighted by Gasteiger charge is -2.52. The molecule has 0 atom stereocenters. The number of methoxy groups -OCH3 is 1. The largest absolute Gasteiger partial charge is 0.573 e. The van der Waals surface area contributed by atoms with Gasteiger partial charge in [-0.3, -0.25) is 9.59 Å². The van der Waals surface area contributed by atoms with E-state index in [0.29, 0.717) is 55.3 Å². The zero-order chi connectivity index (χ0) is 26.4. The molecule has 1 aromatic heterocycles. The molecular formula is C28H27F3N2O4. The Hall–Kier alpha value is -3.62. The molecule has 1 heterocycles. The standard InChI is InChI=1S/C28H27F3N2O4/c1-17-22(24(34)33-27-13-10-26(11-14-27,12-15-27)25(35)36-2)20-16-19(37-28(29,30)31)8-9-21(20)32-23(17)18-6-4-3-5-7-18/h3-9,16H,10-15H2,1-2H3,(H,33,34). The third kappa shape index (κ3) is 4.63. The lowest BCUT2D eigenvalue weighted by Crippen LogP contribution is -2.58. The van der Waals surface area contributed by atoms with Crippen LogP contribution >= 0.6 is 0 Å². The Kier molecular flexibility index (Phi) is 6.12. The number of esters is 1. The predicted octanol–water partition coefficient (Wildman–Crippen LogP) is 6.10. The van der Waals surface area contributed by atoms with Gasteiger partial charge in [0.15, 0.2) is 0 Å². The molecule has 0 spiro atoms. The van der Waals surface area contributed by atoms with Crippen LogP contribution in [0.2, 0.25) is 0 Å². The molecule has 2 aromatic carbocycles. The SMILES string of the molecule is COC(=O)C12CCC(NC(=O)c3c(C)c(-c4ccccc4)nc4ccc(OC(F)(F)F)cc34)(CC1)CC2. The van der Waals surface area contributed by atoms with Crippen LogP contribution in [-0.2, 0) is 9.53 Å². The summed E-state index contributed by atoms with van der Waals surface area (Å²) in [5.74, 6) is -0.995. The van der Waals surface area contributed by atoms with Crippen molar-refractivity contribution in [3.63, 3.8) is 0 Å². The molecule has 3 fully saturated rings. The van der Waals surface area contributed by atoms with Gasteiger partial charge >= 0.3 is 12.3 Å². The summed E-state index contributed by atoms with van der Waals surface area (Å²) in [6.45, 7) is 1.75. The Morgan fingerprint density at radius 1 is 0.973 bits per heavy atom. The van der Waals surface area contributed by atoms with Gasteiger partial charge < -0.3 is 14.8 Å². The lowest BCUT2D eigenvalue weighted by molar-refractivity contribution is -0.274. The second kappa shape index (κ2) is 9.04. The van der Waals surface area contributed by atoms with Crippen molar-refractivity contribution in [3.05, 3.63) is 59.7 Å². The minimum Gasteiger partial charge on any atom is -0.469 e. The first-order valence-electron chi connectivity index (χ1n) is 12.2. The van der Waals surface area contributed by atoms with Crippen LogP contribution in [0, 0.1) is 12.3 Å². The van der Waals surface area contributed by atoms with Crippen molar-refractivity contribution in [3.8, 4) is 17.0 Å². The zero-order valence-electron chi connectivity index (χ0n) is 20.6. The van der Waals surface area contributed by atoms with E-state index >= 15 is 0 Å². The number of carbonyl (C=O) groups excluding carboxylic acids is 2. The molecule has 6 rings (SSSR count). The van der Waals surface area contributed by atoms with Crippen molar-refractivity contribution in [2.24, 2.45) is 5.41 Å². The summed E-state index contributed by atoms with van der Waals surface area (Å²) in [5, 5.41) is 3.49. The highest BCUT2D eigenvalue weighted by Crippen LogP contribution is 2.53. The maximum absolute atomic E-state index is 13.9. The number of carbonyl (C=O) groups is 2. The minimum absolute atomic E-state index is 0.201. The van der Waals surface area contributed by atoms with Crippen molar-refractivity contribution in [1.29, 1.82) is 0 Å². The summed E-state index contributed by atoms with van der Waals surface area (Å²) < 4.78 is 48.0. The molecule has 3 aliphatic rings. The Morgan fingerprint density at radius 2 is 1.62 bits per heavy atom. The van der Waals surface area contributed by atoms with Crippen molar-refractivity contribution in [2.45, 2.75) is 57.3 Å². The number of hydrogen-bond acceptors (Lipinski definition) is 5. The van der Waals surface area contributed by atoms with Crippen molar-refractivity contribution in [2.75, 3.05) is 7.11 Å². The summed E-state index contributed by atoms with van der Waals surface area (Å²) in [7, 11) is 1.40. The van der Waals surface area contributed by atoms with Crippen molar-refractivity contribution >= 4 is 22.8 Å². The number of pyridine rings is 1. The second-order valence-corrected chi connectivity index (χ2v) is 10.1. The molecule has 0 aliphatic heterocycles. The third-order valence-electron chi connectivity index (χ3n) is 7.95. The number of fused-ring (bicyclic) bond motifs is 4. The molecule has 3 aromatic rings. The van der Waals surface area contributed by atoms with Gasteiger partial charge in [0.05, 0.1) is 29.3 Å². The van der Waals surface area contributed by atoms with Crippen LogP contribution in [-0.4, -0.2) is 35.9 Å². The van der Waals surface area contributed by atoms with E-state index in [2.05, 4.69) is 15.0 Å². The van der Waals surface area contributed by atoms with E-state index in [0.717, 1.165) is 5.56 Å². The summed E-state index contributed by atoms with van der Waals surface area (Å²) in [5.41, 5.74) is 1.61. The number of nitrogens with zero attached hydrogens (tertiary/aromatic N) is 1. The van der Waals surface area contributed by atoms with Crippen molar-refractivity contribution < 1.29 is 32.2 Å². The van der Waals surface area contributed by atoms with E-state index in [1.54, 1.807) is 6.92 Å². The number of hydrogen-bond donors (Lipinski definition) is 1. The highest BCUT2D eigenvalue weighted by atomic mass is 19.4. The molecule has 2 bridgehead atoms. The molecule has 0 unspecified atom stereocenters. The predicted molar refractivity (Wildman–Crippen MR) is 131 cm³/mol. The van der Waals surface area contributed by atoms with E-state index in [1.807, 2.05) is 30.3 Å². The molecule has 9 heteroatoms. The Morgan fingerprint density at radius 3 is 2.22 bits per heavy atom. The topological polar surface area (TPSA) is 77.5 Å². The molecule has 3 aliphatic carbocycles. The summed E-state index contributed by atoms with van der Waals surface area (Å²) in [6, 6.07) is 13.2. The van der Waals surface area contributed by atoms with Crippen LogP contribution in [0.3, 0.4) is 0 Å². The normalized spacial score (nSPS) is 23.1. The summed E-state index contributed by atoms with van der Waals surface area (Å²) in [6.07, 6.45) is -1.12. The van der Waals surface area contributed by atoms with E-state index < -0.39 is 23.1 Å². The molecule has 1 N–H and O–H groups in total. The quantitative estimate of drug-likeness (QED) is 0.418. The first-order valence-corrected chi connectivity index (χ1v) is 12.2. The molecule has 194 valence electrons. The van der Waals surface area contributed by atoms with E-state index in [1.165, 1.54) is 25.3 Å². The second-order valence-electron chi connectivity index (χ2n) is 10.1. The molecular weight excluding hydrogens is 485 g/mol. The van der Waals surface area contributed by atoms with Gasteiger partial charge in [0, 0.05) is 16.5 Å². The van der Waals surface area contributed by atoms with Gasteiger partial charge in [-0.05, 0) is 69.2 Å². The van der Waals surface area contributed by atoms with Crippen molar-refractivity contribution in [1.82, 2.24) is 10.3 Å². The fourth-order valence-electron chi connectivity index (χ4n) is 5.90. The molecule has 37 heavy (non-hydrogen) atoms. The average Bonchev–Trinajstić information content (AvgIpc) is 2.88. The van der Waals surface area contributed by atoms with Crippen LogP contribution in [0.15, 0.2) is 48.5 Å². The number of amides is 1. The van der Waals surface area contributed by atoms with E-state index in [-0.39, 0.29) is 22.8 Å². The highest BCUT2D eigenvalue weighted by molar-refractivity contribution is 6.09. The smallest absolute Gasteiger partial charge is 0.469 e. The number of rotatable bonds is 5. The average molecular weight is 513 g/mol. The molecule has 0 radical (unpaired) electrons. The van der Waals surface area contributed by atoms with Gasteiger partial charge in [-0.1, -0.05) is 30.3 Å². The number of halogens is 3. The summed E-state index contributed by atoms with van der Waals surface area (Å²) in [4.78, 5) is 31.0. The number of benzene rings is 2. The van der Waals surface area contributed by atoms with Crippen LogP contribution < -0.4 is 10.1 Å².